The van der Waals surface area contributed by atoms with Gasteiger partial charge in [0.25, 0.3) is 0 Å². The minimum Gasteiger partial charge on any atom is -0.330 e. The van der Waals surface area contributed by atoms with Gasteiger partial charge < -0.3 is 9.88 Å². The molecular weight excluding hydrogens is 234 g/mol. The van der Waals surface area contributed by atoms with Crippen LogP contribution in [0.3, 0.4) is 0 Å². The first-order chi connectivity index (χ1) is 8.99. The van der Waals surface area contributed by atoms with E-state index in [1.54, 1.807) is 0 Å². The van der Waals surface area contributed by atoms with E-state index in [4.69, 9.17) is 4.98 Å². The first-order valence-corrected chi connectivity index (χ1v) is 7.16. The maximum Gasteiger partial charge on any atom is 0.126 e. The van der Waals surface area contributed by atoms with Crippen LogP contribution in [-0.4, -0.2) is 15.6 Å². The van der Waals surface area contributed by atoms with E-state index in [1.165, 1.54) is 11.9 Å². The molecule has 2 rings (SSSR count). The molecule has 1 N–H and O–H groups in total. The van der Waals surface area contributed by atoms with Gasteiger partial charge in [0.1, 0.15) is 5.82 Å². The summed E-state index contributed by atoms with van der Waals surface area (Å²) in [5, 5.41) is 3.65. The van der Waals surface area contributed by atoms with Gasteiger partial charge >= 0.3 is 0 Å². The minimum absolute atomic E-state index is 0.270. The van der Waals surface area contributed by atoms with E-state index in [0.717, 1.165) is 17.3 Å². The number of fused-ring (bicyclic) bond motifs is 1. The molecule has 0 amide bonds. The molecule has 1 aromatic heterocycles. The number of aromatic nitrogens is 2. The summed E-state index contributed by atoms with van der Waals surface area (Å²) in [4.78, 5) is 4.74. The second-order valence-corrected chi connectivity index (χ2v) is 5.94. The first-order valence-electron chi connectivity index (χ1n) is 7.16. The molecule has 0 fully saturated rings. The van der Waals surface area contributed by atoms with Crippen LogP contribution in [0.4, 0.5) is 0 Å². The van der Waals surface area contributed by atoms with Gasteiger partial charge in [-0.1, -0.05) is 26.0 Å². The number of para-hydroxylation sites is 2. The van der Waals surface area contributed by atoms with Gasteiger partial charge in [-0.2, -0.15) is 0 Å². The Morgan fingerprint density at radius 3 is 2.47 bits per heavy atom. The average Bonchev–Trinajstić information content (AvgIpc) is 2.66. The Labute approximate surface area is 116 Å². The zero-order valence-electron chi connectivity index (χ0n) is 12.6. The smallest absolute Gasteiger partial charge is 0.126 e. The Morgan fingerprint density at radius 2 is 1.84 bits per heavy atom. The van der Waals surface area contributed by atoms with Crippen molar-refractivity contribution >= 4 is 11.0 Å². The van der Waals surface area contributed by atoms with E-state index in [-0.39, 0.29) is 6.04 Å². The molecule has 0 aliphatic carbocycles. The van der Waals surface area contributed by atoms with Crippen LogP contribution < -0.4 is 5.32 Å². The van der Waals surface area contributed by atoms with Crippen LogP contribution in [0.15, 0.2) is 24.3 Å². The van der Waals surface area contributed by atoms with Crippen molar-refractivity contribution in [3.8, 4) is 0 Å². The number of imidazole rings is 1. The molecule has 0 radical (unpaired) electrons. The largest absolute Gasteiger partial charge is 0.330 e. The SMILES string of the molecule is CC(C)CC(C)NC(C)c1nc2ccccc2n1C. The Bertz CT molecular complexity index is 542. The van der Waals surface area contributed by atoms with Crippen LogP contribution >= 0.6 is 0 Å². The second-order valence-electron chi connectivity index (χ2n) is 5.94. The first kappa shape index (κ1) is 14.1. The van der Waals surface area contributed by atoms with Gasteiger partial charge in [0.05, 0.1) is 17.1 Å². The molecule has 19 heavy (non-hydrogen) atoms. The third kappa shape index (κ3) is 3.16. The minimum atomic E-state index is 0.270. The molecule has 3 heteroatoms. The molecule has 0 aliphatic rings. The molecule has 3 nitrogen and oxygen atoms in total. The van der Waals surface area contributed by atoms with E-state index < -0.39 is 0 Å². The standard InChI is InChI=1S/C16H25N3/c1-11(2)10-12(3)17-13(4)16-18-14-8-6-7-9-15(14)19(16)5/h6-9,11-13,17H,10H2,1-5H3. The summed E-state index contributed by atoms with van der Waals surface area (Å²) in [6, 6.07) is 9.08. The van der Waals surface area contributed by atoms with Crippen molar-refractivity contribution < 1.29 is 0 Å². The lowest BCUT2D eigenvalue weighted by molar-refractivity contribution is 0.395. The van der Waals surface area contributed by atoms with Crippen molar-refractivity contribution in [2.75, 3.05) is 0 Å². The van der Waals surface area contributed by atoms with E-state index in [2.05, 4.69) is 62.8 Å². The summed E-state index contributed by atoms with van der Waals surface area (Å²) >= 11 is 0. The van der Waals surface area contributed by atoms with E-state index in [0.29, 0.717) is 6.04 Å². The maximum atomic E-state index is 4.74. The molecule has 2 unspecified atom stereocenters. The quantitative estimate of drug-likeness (QED) is 0.888. The lowest BCUT2D eigenvalue weighted by Crippen LogP contribution is -2.31. The fourth-order valence-corrected chi connectivity index (χ4v) is 2.83. The number of hydrogen-bond acceptors (Lipinski definition) is 2. The van der Waals surface area contributed by atoms with Gasteiger partial charge in [-0.25, -0.2) is 4.98 Å². The number of nitrogens with one attached hydrogen (secondary N) is 1. The van der Waals surface area contributed by atoms with Crippen LogP contribution in [-0.2, 0) is 7.05 Å². The molecule has 1 aromatic carbocycles. The van der Waals surface area contributed by atoms with Crippen LogP contribution in [0.5, 0.6) is 0 Å². The average molecular weight is 259 g/mol. The summed E-state index contributed by atoms with van der Waals surface area (Å²) in [6.07, 6.45) is 1.19. The molecule has 0 spiro atoms. The Hall–Kier alpha value is -1.35. The van der Waals surface area contributed by atoms with Gasteiger partial charge in [-0.05, 0) is 38.3 Å². The Morgan fingerprint density at radius 1 is 1.16 bits per heavy atom. The lowest BCUT2D eigenvalue weighted by Gasteiger charge is -2.21. The predicted molar refractivity (Wildman–Crippen MR) is 81.2 cm³/mol. The third-order valence-corrected chi connectivity index (χ3v) is 3.57. The van der Waals surface area contributed by atoms with E-state index >= 15 is 0 Å². The zero-order valence-corrected chi connectivity index (χ0v) is 12.6. The van der Waals surface area contributed by atoms with Crippen LogP contribution in [0.2, 0.25) is 0 Å². The predicted octanol–water partition coefficient (Wildman–Crippen LogP) is 3.66. The van der Waals surface area contributed by atoms with E-state index in [1.807, 2.05) is 6.07 Å². The van der Waals surface area contributed by atoms with Gasteiger partial charge in [-0.3, -0.25) is 0 Å². The van der Waals surface area contributed by atoms with Gasteiger partial charge in [0.15, 0.2) is 0 Å². The fraction of sp³-hybridized carbons (Fsp3) is 0.562. The third-order valence-electron chi connectivity index (χ3n) is 3.57. The van der Waals surface area contributed by atoms with Crippen LogP contribution in [0.1, 0.15) is 46.0 Å². The van der Waals surface area contributed by atoms with Crippen LogP contribution in [0, 0.1) is 5.92 Å². The molecule has 2 aromatic rings. The lowest BCUT2D eigenvalue weighted by atomic mass is 10.0. The highest BCUT2D eigenvalue weighted by Gasteiger charge is 2.16. The van der Waals surface area contributed by atoms with Crippen molar-refractivity contribution in [2.45, 2.75) is 46.2 Å². The molecule has 0 bridgehead atoms. The van der Waals surface area contributed by atoms with E-state index in [9.17, 15) is 0 Å². The molecule has 0 aliphatic heterocycles. The van der Waals surface area contributed by atoms with Crippen molar-refractivity contribution in [3.05, 3.63) is 30.1 Å². The number of hydrogen-bond donors (Lipinski definition) is 1. The summed E-state index contributed by atoms with van der Waals surface area (Å²) < 4.78 is 2.19. The molecule has 104 valence electrons. The van der Waals surface area contributed by atoms with Gasteiger partial charge in [-0.15, -0.1) is 0 Å². The summed E-state index contributed by atoms with van der Waals surface area (Å²) in [5.74, 6) is 1.83. The highest BCUT2D eigenvalue weighted by Crippen LogP contribution is 2.20. The Balaban J connectivity index is 2.17. The highest BCUT2D eigenvalue weighted by molar-refractivity contribution is 5.75. The van der Waals surface area contributed by atoms with Crippen molar-refractivity contribution in [3.63, 3.8) is 0 Å². The second kappa shape index (κ2) is 5.74. The number of nitrogens with zero attached hydrogens (tertiary/aromatic N) is 2. The summed E-state index contributed by atoms with van der Waals surface area (Å²) in [5.41, 5.74) is 2.27. The normalized spacial score (nSPS) is 15.1. The topological polar surface area (TPSA) is 29.9 Å². The van der Waals surface area contributed by atoms with Crippen molar-refractivity contribution in [1.29, 1.82) is 0 Å². The molecular formula is C16H25N3. The van der Waals surface area contributed by atoms with Crippen molar-refractivity contribution in [1.82, 2.24) is 14.9 Å². The van der Waals surface area contributed by atoms with Gasteiger partial charge in [0.2, 0.25) is 0 Å². The Kier molecular flexibility index (Phi) is 4.25. The summed E-state index contributed by atoms with van der Waals surface area (Å²) in [6.45, 7) is 8.97. The number of rotatable bonds is 5. The zero-order chi connectivity index (χ0) is 14.0. The molecule has 2 atom stereocenters. The maximum absolute atomic E-state index is 4.74. The number of aryl methyl sites for hydroxylation is 1. The monoisotopic (exact) mass is 259 g/mol. The van der Waals surface area contributed by atoms with Crippen LogP contribution in [0.25, 0.3) is 11.0 Å². The fourth-order valence-electron chi connectivity index (χ4n) is 2.83. The highest BCUT2D eigenvalue weighted by atomic mass is 15.1. The molecule has 0 saturated heterocycles. The molecule has 1 heterocycles. The van der Waals surface area contributed by atoms with Crippen molar-refractivity contribution in [2.24, 2.45) is 13.0 Å². The van der Waals surface area contributed by atoms with Gasteiger partial charge in [0, 0.05) is 13.1 Å². The summed E-state index contributed by atoms with van der Waals surface area (Å²) in [7, 11) is 2.09. The molecule has 0 saturated carbocycles. The number of benzene rings is 1.